The van der Waals surface area contributed by atoms with Gasteiger partial charge in [0.05, 0.1) is 0 Å². The molecule has 33 heavy (non-hydrogen) atoms. The zero-order valence-electron chi connectivity index (χ0n) is 18.7. The van der Waals surface area contributed by atoms with Crippen LogP contribution in [-0.2, 0) is 22.4 Å². The lowest BCUT2D eigenvalue weighted by Gasteiger charge is -2.15. The lowest BCUT2D eigenvalue weighted by atomic mass is 10.00. The van der Waals surface area contributed by atoms with Crippen molar-refractivity contribution in [3.63, 3.8) is 0 Å². The Morgan fingerprint density at radius 2 is 1.64 bits per heavy atom. The lowest BCUT2D eigenvalue weighted by Crippen LogP contribution is -2.42. The van der Waals surface area contributed by atoms with Gasteiger partial charge in [0.15, 0.2) is 0 Å². The van der Waals surface area contributed by atoms with Gasteiger partial charge in [0.25, 0.3) is 0 Å². The van der Waals surface area contributed by atoms with Crippen LogP contribution in [0.2, 0.25) is 0 Å². The monoisotopic (exact) mass is 447 g/mol. The third-order valence-corrected chi connectivity index (χ3v) is 6.10. The first kappa shape index (κ1) is 22.3. The number of furan rings is 1. The van der Waals surface area contributed by atoms with Gasteiger partial charge in [0.2, 0.25) is 5.91 Å². The second-order valence-corrected chi connectivity index (χ2v) is 8.27. The van der Waals surface area contributed by atoms with E-state index in [0.717, 1.165) is 33.2 Å². The molecule has 2 heterocycles. The molecule has 2 N–H and O–H groups in total. The van der Waals surface area contributed by atoms with Crippen molar-refractivity contribution < 1.29 is 23.5 Å². The summed E-state index contributed by atoms with van der Waals surface area (Å²) in [5, 5.41) is 13.8. The van der Waals surface area contributed by atoms with Crippen LogP contribution >= 0.6 is 0 Å². The second-order valence-electron chi connectivity index (χ2n) is 8.27. The molecular formula is C26H25NO6. The minimum Gasteiger partial charge on any atom is -0.480 e. The predicted octanol–water partition coefficient (Wildman–Crippen LogP) is 4.21. The molecule has 0 aliphatic heterocycles. The first-order chi connectivity index (χ1) is 15.7. The van der Waals surface area contributed by atoms with Crippen LogP contribution in [0.3, 0.4) is 0 Å². The zero-order valence-corrected chi connectivity index (χ0v) is 18.7. The van der Waals surface area contributed by atoms with E-state index in [2.05, 4.69) is 5.32 Å². The van der Waals surface area contributed by atoms with E-state index in [9.17, 15) is 19.5 Å². The van der Waals surface area contributed by atoms with Gasteiger partial charge < -0.3 is 19.3 Å². The van der Waals surface area contributed by atoms with Crippen LogP contribution in [0.15, 0.2) is 56.1 Å². The standard InChI is InChI=1S/C26H25NO6/c1-14-16(3)32-22-13-23-20(12-19(14)22)15(2)18(26(31)33-23)9-10-24(28)27-21(25(29)30)11-17-7-5-4-6-8-17/h4-8,12-13,21H,9-11H2,1-3H3,(H,27,28)(H,29,30). The number of carbonyl (C=O) groups is 2. The van der Waals surface area contributed by atoms with Gasteiger partial charge in [-0.25, -0.2) is 9.59 Å². The second kappa shape index (κ2) is 8.94. The molecule has 7 nitrogen and oxygen atoms in total. The van der Waals surface area contributed by atoms with Crippen LogP contribution in [0.25, 0.3) is 21.9 Å². The molecule has 0 radical (unpaired) electrons. The number of carboxylic acids is 1. The first-order valence-corrected chi connectivity index (χ1v) is 10.8. The number of aliphatic carboxylic acids is 1. The number of nitrogens with one attached hydrogen (secondary N) is 1. The van der Waals surface area contributed by atoms with Crippen LogP contribution in [0.5, 0.6) is 0 Å². The summed E-state index contributed by atoms with van der Waals surface area (Å²) in [6, 6.07) is 11.7. The van der Waals surface area contributed by atoms with E-state index >= 15 is 0 Å². The molecule has 0 aliphatic carbocycles. The molecule has 1 amide bonds. The molecule has 0 spiro atoms. The summed E-state index contributed by atoms with van der Waals surface area (Å²) < 4.78 is 11.3. The molecule has 170 valence electrons. The van der Waals surface area contributed by atoms with Gasteiger partial charge in [-0.3, -0.25) is 4.79 Å². The van der Waals surface area contributed by atoms with Gasteiger partial charge >= 0.3 is 11.6 Å². The highest BCUT2D eigenvalue weighted by Crippen LogP contribution is 2.31. The van der Waals surface area contributed by atoms with Crippen molar-refractivity contribution >= 4 is 33.8 Å². The van der Waals surface area contributed by atoms with Crippen molar-refractivity contribution in [1.82, 2.24) is 5.32 Å². The Balaban J connectivity index is 1.53. The number of hydrogen-bond acceptors (Lipinski definition) is 5. The van der Waals surface area contributed by atoms with E-state index in [1.165, 1.54) is 0 Å². The van der Waals surface area contributed by atoms with Crippen molar-refractivity contribution in [1.29, 1.82) is 0 Å². The van der Waals surface area contributed by atoms with E-state index < -0.39 is 23.5 Å². The van der Waals surface area contributed by atoms with Gasteiger partial charge in [-0.1, -0.05) is 30.3 Å². The molecule has 1 atom stereocenters. The number of hydrogen-bond donors (Lipinski definition) is 2. The smallest absolute Gasteiger partial charge is 0.339 e. The summed E-state index contributed by atoms with van der Waals surface area (Å²) in [5.41, 5.74) is 3.57. The van der Waals surface area contributed by atoms with Gasteiger partial charge in [0.1, 0.15) is 23.0 Å². The Hall–Kier alpha value is -3.87. The summed E-state index contributed by atoms with van der Waals surface area (Å²) >= 11 is 0. The molecule has 0 saturated carbocycles. The average Bonchev–Trinajstić information content (AvgIpc) is 3.05. The van der Waals surface area contributed by atoms with Crippen molar-refractivity contribution in [2.24, 2.45) is 0 Å². The normalized spacial score (nSPS) is 12.2. The maximum atomic E-state index is 12.6. The van der Waals surface area contributed by atoms with Gasteiger partial charge in [-0.05, 0) is 49.9 Å². The highest BCUT2D eigenvalue weighted by Gasteiger charge is 2.21. The third-order valence-electron chi connectivity index (χ3n) is 6.10. The van der Waals surface area contributed by atoms with E-state index in [0.29, 0.717) is 16.7 Å². The Bertz CT molecular complexity index is 1410. The number of benzene rings is 2. The average molecular weight is 447 g/mol. The molecule has 1 unspecified atom stereocenters. The molecule has 0 saturated heterocycles. The van der Waals surface area contributed by atoms with Crippen molar-refractivity contribution in [3.05, 3.63) is 80.9 Å². The van der Waals surface area contributed by atoms with Crippen molar-refractivity contribution in [2.45, 2.75) is 46.1 Å². The van der Waals surface area contributed by atoms with Crippen LogP contribution in [0.1, 0.15) is 34.4 Å². The van der Waals surface area contributed by atoms with E-state index in [1.807, 2.05) is 57.2 Å². The van der Waals surface area contributed by atoms with Crippen LogP contribution in [-0.4, -0.2) is 23.0 Å². The van der Waals surface area contributed by atoms with Crippen LogP contribution in [0.4, 0.5) is 0 Å². The molecule has 7 heteroatoms. The Kier molecular flexibility index (Phi) is 6.05. The first-order valence-electron chi connectivity index (χ1n) is 10.8. The molecule has 4 rings (SSSR count). The van der Waals surface area contributed by atoms with Gasteiger partial charge in [-0.2, -0.15) is 0 Å². The number of carbonyl (C=O) groups excluding carboxylic acids is 1. The number of aryl methyl sites for hydroxylation is 3. The highest BCUT2D eigenvalue weighted by molar-refractivity contribution is 5.96. The molecular weight excluding hydrogens is 422 g/mol. The minimum atomic E-state index is -1.11. The Morgan fingerprint density at radius 3 is 2.33 bits per heavy atom. The molecule has 0 aliphatic rings. The van der Waals surface area contributed by atoms with Crippen molar-refractivity contribution in [2.75, 3.05) is 0 Å². The maximum Gasteiger partial charge on any atom is 0.339 e. The van der Waals surface area contributed by atoms with Gasteiger partial charge in [-0.15, -0.1) is 0 Å². The van der Waals surface area contributed by atoms with E-state index in [1.54, 1.807) is 6.07 Å². The molecule has 2 aromatic heterocycles. The number of amides is 1. The highest BCUT2D eigenvalue weighted by atomic mass is 16.4. The summed E-state index contributed by atoms with van der Waals surface area (Å²) in [5.74, 6) is -0.738. The fourth-order valence-electron chi connectivity index (χ4n) is 4.07. The summed E-state index contributed by atoms with van der Waals surface area (Å²) in [6.07, 6.45) is 0.301. The topological polar surface area (TPSA) is 110 Å². The molecule has 0 fully saturated rings. The summed E-state index contributed by atoms with van der Waals surface area (Å²) in [7, 11) is 0. The quantitative estimate of drug-likeness (QED) is 0.411. The Labute approximate surface area is 190 Å². The fourth-order valence-corrected chi connectivity index (χ4v) is 4.07. The number of rotatable bonds is 7. The predicted molar refractivity (Wildman–Crippen MR) is 125 cm³/mol. The van der Waals surface area contributed by atoms with Gasteiger partial charge in [0, 0.05) is 35.2 Å². The van der Waals surface area contributed by atoms with E-state index in [-0.39, 0.29) is 19.3 Å². The molecule has 2 aromatic carbocycles. The van der Waals surface area contributed by atoms with Crippen molar-refractivity contribution in [3.8, 4) is 0 Å². The number of fused-ring (bicyclic) bond motifs is 2. The number of carboxylic acid groups (broad SMARTS) is 1. The largest absolute Gasteiger partial charge is 0.480 e. The van der Waals surface area contributed by atoms with Crippen LogP contribution < -0.4 is 10.9 Å². The maximum absolute atomic E-state index is 12.6. The molecule has 0 bridgehead atoms. The van der Waals surface area contributed by atoms with Crippen LogP contribution in [0, 0.1) is 20.8 Å². The fraction of sp³-hybridized carbons (Fsp3) is 0.269. The summed E-state index contributed by atoms with van der Waals surface area (Å²) in [4.78, 5) is 36.8. The zero-order chi connectivity index (χ0) is 23.7. The van der Waals surface area contributed by atoms with E-state index in [4.69, 9.17) is 8.83 Å². The minimum absolute atomic E-state index is 0.0260. The lowest BCUT2D eigenvalue weighted by molar-refractivity contribution is -0.141. The Morgan fingerprint density at radius 1 is 0.970 bits per heavy atom. The summed E-state index contributed by atoms with van der Waals surface area (Å²) in [6.45, 7) is 5.69. The molecule has 4 aromatic rings. The SMILES string of the molecule is Cc1oc2cc3oc(=O)c(CCC(=O)NC(Cc4ccccc4)C(=O)O)c(C)c3cc2c1C. The third kappa shape index (κ3) is 4.53.